The number of imidazole rings is 1. The fourth-order valence-electron chi connectivity index (χ4n) is 4.79. The van der Waals surface area contributed by atoms with Gasteiger partial charge in [0.15, 0.2) is 5.69 Å². The van der Waals surface area contributed by atoms with E-state index in [9.17, 15) is 9.59 Å². The molecule has 0 saturated carbocycles. The lowest BCUT2D eigenvalue weighted by atomic mass is 9.78. The quantitative estimate of drug-likeness (QED) is 0.546. The summed E-state index contributed by atoms with van der Waals surface area (Å²) in [5.74, 6) is 0.451. The normalized spacial score (nSPS) is 18.9. The van der Waals surface area contributed by atoms with E-state index in [-0.39, 0.29) is 23.0 Å². The lowest BCUT2D eigenvalue weighted by Crippen LogP contribution is -2.32. The van der Waals surface area contributed by atoms with Crippen LogP contribution in [-0.4, -0.2) is 70.5 Å². The van der Waals surface area contributed by atoms with Gasteiger partial charge in [0.25, 0.3) is 5.91 Å². The van der Waals surface area contributed by atoms with E-state index >= 15 is 0 Å². The van der Waals surface area contributed by atoms with Crippen molar-refractivity contribution in [3.8, 4) is 0 Å². The Morgan fingerprint density at radius 1 is 1.16 bits per heavy atom. The van der Waals surface area contributed by atoms with Crippen molar-refractivity contribution in [2.24, 2.45) is 16.3 Å². The predicted molar refractivity (Wildman–Crippen MR) is 128 cm³/mol. The van der Waals surface area contributed by atoms with Crippen LogP contribution in [0.4, 0.5) is 0 Å². The molecule has 0 bridgehead atoms. The topological polar surface area (TPSA) is 70.8 Å². The van der Waals surface area contributed by atoms with Crippen LogP contribution >= 0.6 is 0 Å². The number of fused-ring (bicyclic) bond motifs is 1. The average molecular weight is 444 g/mol. The van der Waals surface area contributed by atoms with Crippen molar-refractivity contribution in [3.63, 3.8) is 0 Å². The van der Waals surface area contributed by atoms with Crippen molar-refractivity contribution in [1.29, 1.82) is 0 Å². The fraction of sp³-hybridized carbons (Fsp3) is 0.760. The fourth-order valence-corrected chi connectivity index (χ4v) is 4.79. The van der Waals surface area contributed by atoms with Gasteiger partial charge in [-0.3, -0.25) is 14.5 Å². The summed E-state index contributed by atoms with van der Waals surface area (Å²) in [5, 5.41) is 0. The maximum Gasteiger partial charge on any atom is 0.297 e. The molecule has 3 rings (SSSR count). The van der Waals surface area contributed by atoms with Crippen molar-refractivity contribution >= 4 is 17.9 Å². The van der Waals surface area contributed by atoms with Crippen molar-refractivity contribution in [2.75, 3.05) is 33.2 Å². The Balaban J connectivity index is 1.77. The summed E-state index contributed by atoms with van der Waals surface area (Å²) in [7, 11) is 2.07. The Morgan fingerprint density at radius 3 is 2.53 bits per heavy atom. The number of aliphatic imine (C=N–C) groups is 1. The van der Waals surface area contributed by atoms with E-state index in [4.69, 9.17) is 4.98 Å². The largest absolute Gasteiger partial charge is 0.329 e. The molecule has 1 aromatic rings. The van der Waals surface area contributed by atoms with Crippen LogP contribution in [0.2, 0.25) is 0 Å². The molecule has 1 amide bonds. The molecule has 7 nitrogen and oxygen atoms in total. The molecule has 1 atom stereocenters. The van der Waals surface area contributed by atoms with Gasteiger partial charge in [-0.25, -0.2) is 9.98 Å². The van der Waals surface area contributed by atoms with Crippen molar-refractivity contribution in [1.82, 2.24) is 19.4 Å². The van der Waals surface area contributed by atoms with E-state index in [1.807, 2.05) is 27.7 Å². The lowest BCUT2D eigenvalue weighted by Gasteiger charge is -2.26. The molecule has 0 aliphatic carbocycles. The maximum atomic E-state index is 13.1. The first-order valence-corrected chi connectivity index (χ1v) is 12.3. The molecule has 178 valence electrons. The number of nitrogens with zero attached hydrogens (tertiary/aromatic N) is 5. The summed E-state index contributed by atoms with van der Waals surface area (Å²) in [6.07, 6.45) is 7.43. The van der Waals surface area contributed by atoms with Crippen molar-refractivity contribution in [2.45, 2.75) is 79.3 Å². The number of hydrogen-bond acceptors (Lipinski definition) is 5. The summed E-state index contributed by atoms with van der Waals surface area (Å²) in [5.41, 5.74) is 1.15. The number of carbonyl (C=O) groups is 2. The van der Waals surface area contributed by atoms with Crippen molar-refractivity contribution in [3.05, 3.63) is 17.2 Å². The number of aryl methyl sites for hydroxylation is 1. The number of Topliss-reactive ketones (excluding diaryl/α,β-unsaturated/α-hetero) is 1. The molecular weight excluding hydrogens is 402 g/mol. The molecule has 2 aliphatic rings. The summed E-state index contributed by atoms with van der Waals surface area (Å²) in [6, 6.07) is 0. The third-order valence-corrected chi connectivity index (χ3v) is 6.67. The monoisotopic (exact) mass is 443 g/mol. The number of aromatic nitrogens is 2. The van der Waals surface area contributed by atoms with Gasteiger partial charge in [0, 0.05) is 38.7 Å². The summed E-state index contributed by atoms with van der Waals surface area (Å²) in [6.45, 7) is 14.1. The van der Waals surface area contributed by atoms with Crippen LogP contribution < -0.4 is 0 Å². The maximum absolute atomic E-state index is 13.1. The van der Waals surface area contributed by atoms with Gasteiger partial charge < -0.3 is 9.47 Å². The van der Waals surface area contributed by atoms with E-state index in [2.05, 4.69) is 26.4 Å². The number of carbonyl (C=O) groups excluding carboxylic acids is 2. The van der Waals surface area contributed by atoms with Gasteiger partial charge in [-0.15, -0.1) is 0 Å². The molecule has 2 aliphatic heterocycles. The minimum absolute atomic E-state index is 0.144. The van der Waals surface area contributed by atoms with Crippen molar-refractivity contribution < 1.29 is 9.59 Å². The van der Waals surface area contributed by atoms with Gasteiger partial charge in [0.1, 0.15) is 11.6 Å². The highest BCUT2D eigenvalue weighted by Crippen LogP contribution is 2.27. The zero-order valence-electron chi connectivity index (χ0n) is 20.7. The molecule has 3 heterocycles. The minimum atomic E-state index is -0.368. The number of ketones is 1. The molecule has 32 heavy (non-hydrogen) atoms. The first-order chi connectivity index (χ1) is 15.2. The van der Waals surface area contributed by atoms with Gasteiger partial charge in [0.05, 0.1) is 11.6 Å². The Hall–Kier alpha value is -1.86. The summed E-state index contributed by atoms with van der Waals surface area (Å²) >= 11 is 0. The number of likely N-dealkylation sites (N-methyl/N-ethyl adjacent to an activating group) is 1. The molecule has 0 spiro atoms. The average Bonchev–Trinajstić information content (AvgIpc) is 3.35. The highest BCUT2D eigenvalue weighted by molar-refractivity contribution is 6.03. The second-order valence-corrected chi connectivity index (χ2v) is 10.5. The standard InChI is InChI=1S/C25H41N5O2/c1-6-10-21(31)19(25(2,3)4)17-26-24(32)23-20-18-28(5)15-16-30(20)22(27-23)11-9-14-29-12-7-8-13-29/h17,19H,6-16,18H2,1-5H3. The highest BCUT2D eigenvalue weighted by atomic mass is 16.1. The summed E-state index contributed by atoms with van der Waals surface area (Å²) in [4.78, 5) is 39.5. The first-order valence-electron chi connectivity index (χ1n) is 12.3. The lowest BCUT2D eigenvalue weighted by molar-refractivity contribution is -0.123. The van der Waals surface area contributed by atoms with Gasteiger partial charge in [-0.2, -0.15) is 0 Å². The molecule has 1 saturated heterocycles. The predicted octanol–water partition coefficient (Wildman–Crippen LogP) is 3.60. The van der Waals surface area contributed by atoms with E-state index in [0.717, 1.165) is 50.4 Å². The zero-order valence-corrected chi connectivity index (χ0v) is 20.7. The minimum Gasteiger partial charge on any atom is -0.329 e. The van der Waals surface area contributed by atoms with E-state index in [1.54, 1.807) is 6.21 Å². The van der Waals surface area contributed by atoms with E-state index in [1.165, 1.54) is 25.9 Å². The van der Waals surface area contributed by atoms with Crippen LogP contribution in [0.1, 0.15) is 81.8 Å². The molecular formula is C25H41N5O2. The highest BCUT2D eigenvalue weighted by Gasteiger charge is 2.30. The van der Waals surface area contributed by atoms with E-state index < -0.39 is 0 Å². The molecule has 0 radical (unpaired) electrons. The van der Waals surface area contributed by atoms with Crippen LogP contribution in [0.5, 0.6) is 0 Å². The number of amides is 1. The number of rotatable bonds is 9. The molecule has 0 aromatic carbocycles. The van der Waals surface area contributed by atoms with Crippen LogP contribution in [0.15, 0.2) is 4.99 Å². The molecule has 1 aromatic heterocycles. The SMILES string of the molecule is CCCC(=O)C(C=NC(=O)c1nc(CCCN2CCCC2)n2c1CN(C)CC2)C(C)(C)C. The number of likely N-dealkylation sites (tertiary alicyclic amines) is 1. The molecule has 1 unspecified atom stereocenters. The van der Waals surface area contributed by atoms with Crippen LogP contribution in [0, 0.1) is 11.3 Å². The second kappa shape index (κ2) is 10.8. The molecule has 0 N–H and O–H groups in total. The summed E-state index contributed by atoms with van der Waals surface area (Å²) < 4.78 is 2.23. The van der Waals surface area contributed by atoms with Crippen LogP contribution in [0.3, 0.4) is 0 Å². The van der Waals surface area contributed by atoms with E-state index in [0.29, 0.717) is 18.7 Å². The Kier molecular flexibility index (Phi) is 8.39. The molecule has 1 fully saturated rings. The zero-order chi connectivity index (χ0) is 23.3. The third kappa shape index (κ3) is 6.13. The Labute approximate surface area is 193 Å². The van der Waals surface area contributed by atoms with Gasteiger partial charge in [0.2, 0.25) is 0 Å². The first kappa shape index (κ1) is 24.8. The molecule has 7 heteroatoms. The number of hydrogen-bond donors (Lipinski definition) is 0. The Bertz CT molecular complexity index is 830. The van der Waals surface area contributed by atoms with Crippen LogP contribution in [0.25, 0.3) is 0 Å². The third-order valence-electron chi connectivity index (χ3n) is 6.67. The Morgan fingerprint density at radius 2 is 1.88 bits per heavy atom. The van der Waals surface area contributed by atoms with Gasteiger partial charge in [-0.05, 0) is 57.8 Å². The van der Waals surface area contributed by atoms with Gasteiger partial charge in [-0.1, -0.05) is 27.7 Å². The van der Waals surface area contributed by atoms with Crippen LogP contribution in [-0.2, 0) is 24.3 Å². The smallest absolute Gasteiger partial charge is 0.297 e. The van der Waals surface area contributed by atoms with Gasteiger partial charge >= 0.3 is 0 Å². The second-order valence-electron chi connectivity index (χ2n) is 10.5.